The van der Waals surface area contributed by atoms with Crippen molar-refractivity contribution in [3.63, 3.8) is 0 Å². The van der Waals surface area contributed by atoms with Crippen LogP contribution >= 0.6 is 27.5 Å². The highest BCUT2D eigenvalue weighted by Gasteiger charge is 2.19. The summed E-state index contributed by atoms with van der Waals surface area (Å²) < 4.78 is 0.998. The van der Waals surface area contributed by atoms with E-state index in [2.05, 4.69) is 27.9 Å². The molecule has 1 aromatic carbocycles. The maximum Gasteiger partial charge on any atom is 0.0464 e. The van der Waals surface area contributed by atoms with Crippen LogP contribution in [0.2, 0.25) is 5.02 Å². The van der Waals surface area contributed by atoms with Crippen LogP contribution in [0.1, 0.15) is 50.1 Å². The van der Waals surface area contributed by atoms with Crippen LogP contribution in [0.25, 0.3) is 0 Å². The Labute approximate surface area is 135 Å². The summed E-state index contributed by atoms with van der Waals surface area (Å²) in [5.74, 6) is 0. The second kappa shape index (κ2) is 7.79. The van der Waals surface area contributed by atoms with Crippen molar-refractivity contribution in [3.05, 3.63) is 33.3 Å². The van der Waals surface area contributed by atoms with Gasteiger partial charge in [-0.1, -0.05) is 52.9 Å². The minimum Gasteiger partial charge on any atom is -0.324 e. The van der Waals surface area contributed by atoms with E-state index in [1.54, 1.807) is 0 Å². The Kier molecular flexibility index (Phi) is 6.34. The van der Waals surface area contributed by atoms with E-state index < -0.39 is 0 Å². The van der Waals surface area contributed by atoms with E-state index in [1.165, 1.54) is 32.1 Å². The minimum atomic E-state index is 0.0154. The molecule has 1 atom stereocenters. The molecule has 0 aliphatic heterocycles. The summed E-state index contributed by atoms with van der Waals surface area (Å²) in [6, 6.07) is 6.71. The Balaban J connectivity index is 1.86. The largest absolute Gasteiger partial charge is 0.324 e. The maximum absolute atomic E-state index is 6.30. The lowest BCUT2D eigenvalue weighted by Gasteiger charge is -2.31. The van der Waals surface area contributed by atoms with Crippen LogP contribution in [0.15, 0.2) is 22.7 Å². The highest BCUT2D eigenvalue weighted by atomic mass is 79.9. The summed E-state index contributed by atoms with van der Waals surface area (Å²) in [5, 5.41) is 0.757. The molecule has 1 fully saturated rings. The summed E-state index contributed by atoms with van der Waals surface area (Å²) in [7, 11) is 2.23. The summed E-state index contributed by atoms with van der Waals surface area (Å²) in [4.78, 5) is 2.48. The quantitative estimate of drug-likeness (QED) is 0.821. The lowest BCUT2D eigenvalue weighted by Crippen LogP contribution is -2.35. The van der Waals surface area contributed by atoms with Crippen molar-refractivity contribution in [2.24, 2.45) is 5.73 Å². The molecule has 0 amide bonds. The first-order chi connectivity index (χ1) is 9.58. The number of nitrogens with zero attached hydrogens (tertiary/aromatic N) is 1. The average Bonchev–Trinajstić information content (AvgIpc) is 2.45. The Hall–Kier alpha value is -0.0900. The van der Waals surface area contributed by atoms with Crippen molar-refractivity contribution in [3.8, 4) is 0 Å². The van der Waals surface area contributed by atoms with Crippen LogP contribution in [0.5, 0.6) is 0 Å². The SMILES string of the molecule is CN(CCC(N)c1ccc(Br)cc1Cl)C1CCCCC1. The first kappa shape index (κ1) is 16.3. The van der Waals surface area contributed by atoms with E-state index in [1.807, 2.05) is 18.2 Å². The zero-order valence-corrected chi connectivity index (χ0v) is 14.5. The van der Waals surface area contributed by atoms with Gasteiger partial charge in [-0.25, -0.2) is 0 Å². The van der Waals surface area contributed by atoms with Crippen LogP contribution in [0.4, 0.5) is 0 Å². The molecule has 1 saturated carbocycles. The zero-order chi connectivity index (χ0) is 14.5. The molecular weight excluding hydrogens is 336 g/mol. The van der Waals surface area contributed by atoms with E-state index in [0.29, 0.717) is 0 Å². The molecule has 0 radical (unpaired) electrons. The zero-order valence-electron chi connectivity index (χ0n) is 12.1. The minimum absolute atomic E-state index is 0.0154. The number of rotatable bonds is 5. The van der Waals surface area contributed by atoms with Gasteiger partial charge in [0.05, 0.1) is 0 Å². The molecule has 0 spiro atoms. The van der Waals surface area contributed by atoms with Crippen LogP contribution in [0.3, 0.4) is 0 Å². The normalized spacial score (nSPS) is 18.4. The van der Waals surface area contributed by atoms with Crippen LogP contribution in [-0.2, 0) is 0 Å². The Bertz CT molecular complexity index is 432. The number of halogens is 2. The second-order valence-corrected chi connectivity index (χ2v) is 7.16. The molecular formula is C16H24BrClN2. The molecule has 112 valence electrons. The van der Waals surface area contributed by atoms with Gasteiger partial charge in [0.25, 0.3) is 0 Å². The lowest BCUT2D eigenvalue weighted by molar-refractivity contribution is 0.186. The summed E-state index contributed by atoms with van der Waals surface area (Å²) >= 11 is 9.69. The van der Waals surface area contributed by atoms with Crippen molar-refractivity contribution >= 4 is 27.5 Å². The number of hydrogen-bond acceptors (Lipinski definition) is 2. The molecule has 2 N–H and O–H groups in total. The molecule has 2 rings (SSSR count). The summed E-state index contributed by atoms with van der Waals surface area (Å²) in [5.41, 5.74) is 7.35. The van der Waals surface area contributed by atoms with Gasteiger partial charge in [-0.2, -0.15) is 0 Å². The van der Waals surface area contributed by atoms with Gasteiger partial charge in [0.2, 0.25) is 0 Å². The Morgan fingerprint density at radius 3 is 2.70 bits per heavy atom. The van der Waals surface area contributed by atoms with Gasteiger partial charge in [-0.05, 0) is 50.6 Å². The first-order valence-corrected chi connectivity index (χ1v) is 8.66. The fraction of sp³-hybridized carbons (Fsp3) is 0.625. The molecule has 0 saturated heterocycles. The molecule has 0 heterocycles. The topological polar surface area (TPSA) is 29.3 Å². The molecule has 20 heavy (non-hydrogen) atoms. The second-order valence-electron chi connectivity index (χ2n) is 5.83. The number of nitrogens with two attached hydrogens (primary N) is 1. The van der Waals surface area contributed by atoms with Gasteiger partial charge < -0.3 is 10.6 Å². The fourth-order valence-electron chi connectivity index (χ4n) is 3.00. The van der Waals surface area contributed by atoms with Crippen LogP contribution in [-0.4, -0.2) is 24.5 Å². The molecule has 1 unspecified atom stereocenters. The van der Waals surface area contributed by atoms with Crippen LogP contribution < -0.4 is 5.73 Å². The standard InChI is InChI=1S/C16H24BrClN2/c1-20(13-5-3-2-4-6-13)10-9-16(19)14-8-7-12(17)11-15(14)18/h7-8,11,13,16H,2-6,9-10,19H2,1H3. The third-order valence-corrected chi connectivity index (χ3v) is 5.17. The lowest BCUT2D eigenvalue weighted by atomic mass is 9.94. The number of benzene rings is 1. The maximum atomic E-state index is 6.30. The smallest absolute Gasteiger partial charge is 0.0464 e. The summed E-state index contributed by atoms with van der Waals surface area (Å²) in [6.45, 7) is 1.04. The average molecular weight is 360 g/mol. The van der Waals surface area contributed by atoms with Gasteiger partial charge in [-0.15, -0.1) is 0 Å². The van der Waals surface area contributed by atoms with E-state index in [-0.39, 0.29) is 6.04 Å². The monoisotopic (exact) mass is 358 g/mol. The van der Waals surface area contributed by atoms with Gasteiger partial charge in [-0.3, -0.25) is 0 Å². The number of hydrogen-bond donors (Lipinski definition) is 1. The van der Waals surface area contributed by atoms with Gasteiger partial charge >= 0.3 is 0 Å². The van der Waals surface area contributed by atoms with E-state index in [9.17, 15) is 0 Å². The van der Waals surface area contributed by atoms with Gasteiger partial charge in [0.15, 0.2) is 0 Å². The predicted molar refractivity (Wildman–Crippen MR) is 90.2 cm³/mol. The highest BCUT2D eigenvalue weighted by molar-refractivity contribution is 9.10. The van der Waals surface area contributed by atoms with E-state index >= 15 is 0 Å². The Morgan fingerprint density at radius 2 is 2.05 bits per heavy atom. The molecule has 1 aromatic rings. The molecule has 2 nitrogen and oxygen atoms in total. The predicted octanol–water partition coefficient (Wildman–Crippen LogP) is 4.76. The summed E-state index contributed by atoms with van der Waals surface area (Å²) in [6.07, 6.45) is 7.78. The first-order valence-electron chi connectivity index (χ1n) is 7.48. The molecule has 0 aromatic heterocycles. The van der Waals surface area contributed by atoms with Crippen molar-refractivity contribution in [1.29, 1.82) is 0 Å². The van der Waals surface area contributed by atoms with Crippen molar-refractivity contribution in [2.75, 3.05) is 13.6 Å². The molecule has 1 aliphatic carbocycles. The molecule has 0 bridgehead atoms. The van der Waals surface area contributed by atoms with Gasteiger partial charge in [0.1, 0.15) is 0 Å². The van der Waals surface area contributed by atoms with E-state index in [0.717, 1.165) is 34.1 Å². The van der Waals surface area contributed by atoms with Crippen molar-refractivity contribution < 1.29 is 0 Å². The van der Waals surface area contributed by atoms with Crippen molar-refractivity contribution in [2.45, 2.75) is 50.6 Å². The Morgan fingerprint density at radius 1 is 1.35 bits per heavy atom. The fourth-order valence-corrected chi connectivity index (χ4v) is 3.82. The third kappa shape index (κ3) is 4.45. The van der Waals surface area contributed by atoms with Crippen LogP contribution in [0, 0.1) is 0 Å². The van der Waals surface area contributed by atoms with E-state index in [4.69, 9.17) is 17.3 Å². The highest BCUT2D eigenvalue weighted by Crippen LogP contribution is 2.28. The molecule has 4 heteroatoms. The third-order valence-electron chi connectivity index (χ3n) is 4.35. The van der Waals surface area contributed by atoms with Gasteiger partial charge in [0, 0.05) is 21.6 Å². The van der Waals surface area contributed by atoms with Crippen molar-refractivity contribution in [1.82, 2.24) is 4.90 Å². The molecule has 1 aliphatic rings.